The number of nitrogens with zero attached hydrogens (tertiary/aromatic N) is 4. The highest BCUT2D eigenvalue weighted by atomic mass is 31.2. The van der Waals surface area contributed by atoms with E-state index in [-0.39, 0.29) is 25.5 Å². The van der Waals surface area contributed by atoms with Gasteiger partial charge >= 0.3 is 13.7 Å². The molecule has 5 atom stereocenters. The van der Waals surface area contributed by atoms with Crippen LogP contribution in [0.2, 0.25) is 0 Å². The number of benzene rings is 3. The summed E-state index contributed by atoms with van der Waals surface area (Å²) in [5, 5.41) is 15.1. The average Bonchev–Trinajstić information content (AvgIpc) is 3.63. The number of aromatic nitrogens is 4. The van der Waals surface area contributed by atoms with E-state index in [9.17, 15) is 14.5 Å². The van der Waals surface area contributed by atoms with Gasteiger partial charge in [0.1, 0.15) is 36.3 Å². The van der Waals surface area contributed by atoms with Crippen LogP contribution in [0.3, 0.4) is 0 Å². The number of esters is 1. The highest BCUT2D eigenvalue weighted by molar-refractivity contribution is 7.52. The van der Waals surface area contributed by atoms with E-state index in [1.165, 1.54) is 19.6 Å². The second kappa shape index (κ2) is 12.7. The number of nitrogens with one attached hydrogen (secondary N) is 1. The maximum atomic E-state index is 14.2. The second-order valence-corrected chi connectivity index (χ2v) is 12.0. The molecule has 44 heavy (non-hydrogen) atoms. The zero-order valence-corrected chi connectivity index (χ0v) is 24.6. The maximum absolute atomic E-state index is 14.2. The molecular weight excluding hydrogens is 587 g/mol. The largest absolute Gasteiger partial charge is 0.460 e. The number of nitrogens with two attached hydrogens (primary N) is 1. The fourth-order valence-electron chi connectivity index (χ4n) is 4.96. The van der Waals surface area contributed by atoms with Gasteiger partial charge < -0.3 is 24.8 Å². The molecule has 3 heterocycles. The zero-order valence-electron chi connectivity index (χ0n) is 23.7. The third-order valence-corrected chi connectivity index (χ3v) is 8.78. The molecule has 0 radical (unpaired) electrons. The number of carbonyl (C=O) groups is 1. The highest BCUT2D eigenvalue weighted by Crippen LogP contribution is 2.47. The normalized spacial score (nSPS) is 20.4. The summed E-state index contributed by atoms with van der Waals surface area (Å²) in [5.74, 6) is -0.133. The first kappa shape index (κ1) is 29.7. The van der Waals surface area contributed by atoms with E-state index >= 15 is 0 Å². The van der Waals surface area contributed by atoms with Gasteiger partial charge in [0.25, 0.3) is 0 Å². The predicted molar refractivity (Wildman–Crippen MR) is 161 cm³/mol. The van der Waals surface area contributed by atoms with Crippen LogP contribution in [-0.2, 0) is 30.0 Å². The molecule has 6 rings (SSSR count). The molecule has 0 spiro atoms. The number of hydrogen-bond donors (Lipinski definition) is 3. The summed E-state index contributed by atoms with van der Waals surface area (Å²) in [6.45, 7) is 1.34. The van der Waals surface area contributed by atoms with Gasteiger partial charge in [0.2, 0.25) is 0 Å². The van der Waals surface area contributed by atoms with E-state index in [1.807, 2.05) is 60.7 Å². The lowest BCUT2D eigenvalue weighted by molar-refractivity contribution is -0.146. The van der Waals surface area contributed by atoms with E-state index in [4.69, 9.17) is 24.3 Å². The summed E-state index contributed by atoms with van der Waals surface area (Å²) in [6, 6.07) is 21.0. The van der Waals surface area contributed by atoms with Crippen molar-refractivity contribution in [1.29, 1.82) is 0 Å². The molecular formula is C30H31N6O7P. The molecule has 0 bridgehead atoms. The van der Waals surface area contributed by atoms with Gasteiger partial charge in [-0.1, -0.05) is 66.7 Å². The Balaban J connectivity index is 1.18. The first-order valence-electron chi connectivity index (χ1n) is 14.0. The topological polar surface area (TPSA) is 173 Å². The van der Waals surface area contributed by atoms with Crippen molar-refractivity contribution in [3.8, 4) is 5.75 Å². The number of ether oxygens (including phenoxy) is 2. The molecule has 4 unspecified atom stereocenters. The van der Waals surface area contributed by atoms with E-state index in [2.05, 4.69) is 20.0 Å². The molecule has 14 heteroatoms. The average molecular weight is 619 g/mol. The molecule has 1 saturated heterocycles. The summed E-state index contributed by atoms with van der Waals surface area (Å²) in [7, 11) is -4.22. The van der Waals surface area contributed by atoms with Crippen molar-refractivity contribution in [1.82, 2.24) is 24.6 Å². The Hall–Kier alpha value is -4.39. The minimum Gasteiger partial charge on any atom is -0.460 e. The molecule has 13 nitrogen and oxygen atoms in total. The summed E-state index contributed by atoms with van der Waals surface area (Å²) in [4.78, 5) is 25.3. The van der Waals surface area contributed by atoms with Crippen molar-refractivity contribution in [3.63, 3.8) is 0 Å². The summed E-state index contributed by atoms with van der Waals surface area (Å²) < 4.78 is 39.2. The van der Waals surface area contributed by atoms with Crippen LogP contribution in [0, 0.1) is 0 Å². The van der Waals surface area contributed by atoms with Gasteiger partial charge in [0.15, 0.2) is 17.7 Å². The molecule has 228 valence electrons. The van der Waals surface area contributed by atoms with Gasteiger partial charge in [0.05, 0.1) is 19.0 Å². The predicted octanol–water partition coefficient (Wildman–Crippen LogP) is 4.14. The van der Waals surface area contributed by atoms with Crippen molar-refractivity contribution in [2.24, 2.45) is 0 Å². The van der Waals surface area contributed by atoms with Crippen LogP contribution < -0.4 is 15.3 Å². The smallest absolute Gasteiger partial charge is 0.459 e. The molecule has 5 aromatic rings. The first-order valence-corrected chi connectivity index (χ1v) is 15.5. The summed E-state index contributed by atoms with van der Waals surface area (Å²) in [6.07, 6.45) is 0.449. The Bertz CT molecular complexity index is 1810. The van der Waals surface area contributed by atoms with E-state index in [0.717, 1.165) is 10.9 Å². The molecule has 3 aromatic carbocycles. The van der Waals surface area contributed by atoms with E-state index < -0.39 is 38.2 Å². The molecule has 0 saturated carbocycles. The SMILES string of the molecule is CC(NP(=O)(OCC1CC(O)[C@H](n2cnc3c(N)ncnc32)O1)Oc1cccc2ccccc12)C(=O)OCc1ccccc1. The van der Waals surface area contributed by atoms with E-state index in [0.29, 0.717) is 22.3 Å². The molecule has 1 fully saturated rings. The fourth-order valence-corrected chi connectivity index (χ4v) is 6.50. The molecule has 4 N–H and O–H groups in total. The van der Waals surface area contributed by atoms with Crippen LogP contribution >= 0.6 is 7.75 Å². The van der Waals surface area contributed by atoms with Crippen LogP contribution in [-0.4, -0.2) is 55.5 Å². The van der Waals surface area contributed by atoms with Crippen molar-refractivity contribution in [2.45, 2.75) is 44.4 Å². The zero-order chi connectivity index (χ0) is 30.7. The minimum atomic E-state index is -4.22. The number of carbonyl (C=O) groups excluding carboxylic acids is 1. The Morgan fingerprint density at radius 1 is 1.11 bits per heavy atom. The minimum absolute atomic E-state index is 0.0513. The number of hydrogen-bond acceptors (Lipinski definition) is 11. The van der Waals surface area contributed by atoms with Crippen molar-refractivity contribution < 1.29 is 33.0 Å². The van der Waals surface area contributed by atoms with Gasteiger partial charge in [-0.2, -0.15) is 5.09 Å². The third kappa shape index (κ3) is 6.42. The number of aliphatic hydroxyl groups excluding tert-OH is 1. The highest BCUT2D eigenvalue weighted by Gasteiger charge is 2.39. The Kier molecular flexibility index (Phi) is 8.56. The lowest BCUT2D eigenvalue weighted by atomic mass is 10.1. The number of nitrogen functional groups attached to an aromatic ring is 1. The Morgan fingerprint density at radius 3 is 2.73 bits per heavy atom. The molecule has 1 aliphatic heterocycles. The van der Waals surface area contributed by atoms with Crippen molar-refractivity contribution in [2.75, 3.05) is 12.3 Å². The van der Waals surface area contributed by atoms with Crippen LogP contribution in [0.4, 0.5) is 5.82 Å². The lowest BCUT2D eigenvalue weighted by Crippen LogP contribution is -2.35. The number of rotatable bonds is 11. The lowest BCUT2D eigenvalue weighted by Gasteiger charge is -2.24. The first-order chi connectivity index (χ1) is 21.3. The van der Waals surface area contributed by atoms with Crippen molar-refractivity contribution >= 4 is 41.5 Å². The van der Waals surface area contributed by atoms with Crippen LogP contribution in [0.15, 0.2) is 85.5 Å². The quantitative estimate of drug-likeness (QED) is 0.143. The summed E-state index contributed by atoms with van der Waals surface area (Å²) in [5.41, 5.74) is 7.49. The number of fused-ring (bicyclic) bond motifs is 2. The van der Waals surface area contributed by atoms with Gasteiger partial charge in [-0.3, -0.25) is 13.9 Å². The molecule has 0 amide bonds. The van der Waals surface area contributed by atoms with Crippen LogP contribution in [0.25, 0.3) is 21.9 Å². The van der Waals surface area contributed by atoms with Gasteiger partial charge in [-0.05, 0) is 23.9 Å². The van der Waals surface area contributed by atoms with Gasteiger partial charge in [-0.25, -0.2) is 19.5 Å². The van der Waals surface area contributed by atoms with E-state index in [1.54, 1.807) is 16.7 Å². The number of imidazole rings is 1. The van der Waals surface area contributed by atoms with Crippen LogP contribution in [0.5, 0.6) is 5.75 Å². The standard InChI is InChI=1S/C30H31N6O7P/c1-19(30(38)40-15-20-8-3-2-4-9-20)35-44(39,43-25-13-7-11-21-10-5-6-12-23(21)25)41-16-22-14-24(37)29(42-22)36-18-34-26-27(31)32-17-33-28(26)36/h2-13,17-19,22,24,29,37H,14-16H2,1H3,(H,35,39)(H2,31,32,33)/t19?,22?,24?,29-,44?/m1/s1. The van der Waals surface area contributed by atoms with Crippen molar-refractivity contribution in [3.05, 3.63) is 91.0 Å². The molecule has 2 aromatic heterocycles. The number of anilines is 1. The monoisotopic (exact) mass is 618 g/mol. The molecule has 0 aliphatic carbocycles. The third-order valence-electron chi connectivity index (χ3n) is 7.15. The Morgan fingerprint density at radius 2 is 1.89 bits per heavy atom. The molecule has 1 aliphatic rings. The fraction of sp³-hybridized carbons (Fsp3) is 0.267. The van der Waals surface area contributed by atoms with Gasteiger partial charge in [-0.15, -0.1) is 0 Å². The second-order valence-electron chi connectivity index (χ2n) is 10.3. The maximum Gasteiger partial charge on any atom is 0.459 e. The number of aliphatic hydroxyl groups is 1. The Labute approximate surface area is 252 Å². The van der Waals surface area contributed by atoms with Crippen LogP contribution in [0.1, 0.15) is 25.1 Å². The summed E-state index contributed by atoms with van der Waals surface area (Å²) >= 11 is 0. The van der Waals surface area contributed by atoms with Gasteiger partial charge in [0, 0.05) is 11.8 Å².